The van der Waals surface area contributed by atoms with Gasteiger partial charge in [-0.05, 0) is 49.9 Å². The van der Waals surface area contributed by atoms with E-state index in [0.717, 1.165) is 48.1 Å². The van der Waals surface area contributed by atoms with Crippen LogP contribution in [-0.2, 0) is 13.0 Å². The van der Waals surface area contributed by atoms with Crippen molar-refractivity contribution < 1.29 is 0 Å². The molecule has 7 heteroatoms. The highest BCUT2D eigenvalue weighted by Crippen LogP contribution is 2.10. The molecule has 0 aliphatic heterocycles. The number of guanidine groups is 1. The van der Waals surface area contributed by atoms with Gasteiger partial charge in [-0.2, -0.15) is 5.10 Å². The molecule has 0 saturated carbocycles. The molecule has 6 nitrogen and oxygen atoms in total. The molecule has 3 aromatic rings. The number of pyridine rings is 1. The van der Waals surface area contributed by atoms with Crippen LogP contribution in [0.2, 0.25) is 0 Å². The van der Waals surface area contributed by atoms with E-state index in [1.165, 1.54) is 5.56 Å². The molecule has 2 aromatic heterocycles. The summed E-state index contributed by atoms with van der Waals surface area (Å²) in [6.07, 6.45) is 3.99. The number of rotatable bonds is 7. The van der Waals surface area contributed by atoms with Gasteiger partial charge in [0.1, 0.15) is 0 Å². The lowest BCUT2D eigenvalue weighted by atomic mass is 10.1. The van der Waals surface area contributed by atoms with E-state index in [4.69, 9.17) is 0 Å². The molecule has 154 valence electrons. The molecule has 0 saturated heterocycles. The molecule has 29 heavy (non-hydrogen) atoms. The minimum atomic E-state index is 0. The molecular formula is C22H29IN6. The van der Waals surface area contributed by atoms with E-state index in [9.17, 15) is 0 Å². The summed E-state index contributed by atoms with van der Waals surface area (Å²) < 4.78 is 1.86. The van der Waals surface area contributed by atoms with E-state index in [2.05, 4.69) is 56.0 Å². The summed E-state index contributed by atoms with van der Waals surface area (Å²) in [5.74, 6) is 1.63. The fraction of sp³-hybridized carbons (Fsp3) is 0.318. The van der Waals surface area contributed by atoms with Gasteiger partial charge in [-0.15, -0.1) is 24.0 Å². The second-order valence-electron chi connectivity index (χ2n) is 6.81. The average molecular weight is 504 g/mol. The largest absolute Gasteiger partial charge is 0.356 e. The Balaban J connectivity index is 0.00000300. The zero-order valence-corrected chi connectivity index (χ0v) is 19.6. The lowest BCUT2D eigenvalue weighted by molar-refractivity contribution is 0.740. The standard InChI is InChI=1S/C22H28N6.HI/c1-17-14-18(2)28(27-17)21-12-11-20(15-25-21)16-26-22(23-3)24-13-7-10-19-8-5-4-6-9-19;/h4-6,8-9,11-12,14-15H,7,10,13,16H2,1-3H3,(H2,23,24,26);1H. The van der Waals surface area contributed by atoms with Crippen LogP contribution in [0.5, 0.6) is 0 Å². The van der Waals surface area contributed by atoms with E-state index in [1.54, 1.807) is 7.05 Å². The number of benzene rings is 1. The van der Waals surface area contributed by atoms with E-state index in [0.29, 0.717) is 6.54 Å². The fourth-order valence-corrected chi connectivity index (χ4v) is 3.06. The van der Waals surface area contributed by atoms with Crippen molar-refractivity contribution in [3.63, 3.8) is 0 Å². The first-order valence-electron chi connectivity index (χ1n) is 9.63. The van der Waals surface area contributed by atoms with Gasteiger partial charge in [0.15, 0.2) is 11.8 Å². The van der Waals surface area contributed by atoms with Gasteiger partial charge in [-0.1, -0.05) is 36.4 Å². The molecule has 0 bridgehead atoms. The molecule has 2 heterocycles. The minimum absolute atomic E-state index is 0. The summed E-state index contributed by atoms with van der Waals surface area (Å²) in [5, 5.41) is 11.2. The van der Waals surface area contributed by atoms with Gasteiger partial charge in [0.2, 0.25) is 0 Å². The molecule has 0 aliphatic rings. The molecule has 0 atom stereocenters. The third-order valence-corrected chi connectivity index (χ3v) is 4.50. The van der Waals surface area contributed by atoms with Gasteiger partial charge in [-0.25, -0.2) is 9.67 Å². The topological polar surface area (TPSA) is 67.1 Å². The Morgan fingerprint density at radius 3 is 2.45 bits per heavy atom. The van der Waals surface area contributed by atoms with Gasteiger partial charge >= 0.3 is 0 Å². The first-order chi connectivity index (χ1) is 13.7. The van der Waals surface area contributed by atoms with E-state index in [-0.39, 0.29) is 24.0 Å². The van der Waals surface area contributed by atoms with Crippen LogP contribution in [0.4, 0.5) is 0 Å². The van der Waals surface area contributed by atoms with E-state index >= 15 is 0 Å². The van der Waals surface area contributed by atoms with Crippen LogP contribution in [0, 0.1) is 13.8 Å². The smallest absolute Gasteiger partial charge is 0.191 e. The summed E-state index contributed by atoms with van der Waals surface area (Å²) in [6, 6.07) is 16.6. The van der Waals surface area contributed by atoms with Gasteiger partial charge in [0, 0.05) is 32.0 Å². The monoisotopic (exact) mass is 504 g/mol. The first kappa shape index (κ1) is 22.9. The Labute approximate surface area is 189 Å². The lowest BCUT2D eigenvalue weighted by Crippen LogP contribution is -2.37. The van der Waals surface area contributed by atoms with Crippen molar-refractivity contribution in [3.8, 4) is 5.82 Å². The molecule has 2 N–H and O–H groups in total. The number of halogens is 1. The van der Waals surface area contributed by atoms with Crippen LogP contribution >= 0.6 is 24.0 Å². The van der Waals surface area contributed by atoms with Gasteiger partial charge in [-0.3, -0.25) is 4.99 Å². The molecule has 0 spiro atoms. The molecule has 0 radical (unpaired) electrons. The summed E-state index contributed by atoms with van der Waals surface area (Å²) >= 11 is 0. The first-order valence-corrected chi connectivity index (χ1v) is 9.63. The number of aryl methyl sites for hydroxylation is 3. The lowest BCUT2D eigenvalue weighted by Gasteiger charge is -2.12. The highest BCUT2D eigenvalue weighted by atomic mass is 127. The van der Waals surface area contributed by atoms with Gasteiger partial charge < -0.3 is 10.6 Å². The number of nitrogens with one attached hydrogen (secondary N) is 2. The van der Waals surface area contributed by atoms with Crippen molar-refractivity contribution in [2.75, 3.05) is 13.6 Å². The average Bonchev–Trinajstić information content (AvgIpc) is 3.06. The van der Waals surface area contributed by atoms with Crippen LogP contribution in [-0.4, -0.2) is 34.3 Å². The number of hydrogen-bond acceptors (Lipinski definition) is 3. The van der Waals surface area contributed by atoms with Crippen molar-refractivity contribution in [3.05, 3.63) is 77.2 Å². The van der Waals surface area contributed by atoms with Crippen molar-refractivity contribution in [2.45, 2.75) is 33.2 Å². The van der Waals surface area contributed by atoms with Crippen LogP contribution in [0.15, 0.2) is 59.7 Å². The Kier molecular flexibility index (Phi) is 9.11. The zero-order chi connectivity index (χ0) is 19.8. The van der Waals surface area contributed by atoms with Crippen LogP contribution in [0.1, 0.15) is 28.9 Å². The SMILES string of the molecule is CN=C(NCCCc1ccccc1)NCc1ccc(-n2nc(C)cc2C)nc1.I. The Hall–Kier alpha value is -2.42. The quantitative estimate of drug-likeness (QED) is 0.222. The molecular weight excluding hydrogens is 475 g/mol. The number of hydrogen-bond donors (Lipinski definition) is 2. The van der Waals surface area contributed by atoms with Crippen molar-refractivity contribution in [1.82, 2.24) is 25.4 Å². The van der Waals surface area contributed by atoms with E-state index in [1.807, 2.05) is 42.9 Å². The van der Waals surface area contributed by atoms with Crippen molar-refractivity contribution >= 4 is 29.9 Å². The molecule has 0 aliphatic carbocycles. The molecule has 0 amide bonds. The van der Waals surface area contributed by atoms with Crippen LogP contribution in [0.3, 0.4) is 0 Å². The predicted molar refractivity (Wildman–Crippen MR) is 129 cm³/mol. The van der Waals surface area contributed by atoms with Gasteiger partial charge in [0.25, 0.3) is 0 Å². The normalized spacial score (nSPS) is 11.1. The second-order valence-corrected chi connectivity index (χ2v) is 6.81. The summed E-state index contributed by atoms with van der Waals surface area (Å²) in [6.45, 7) is 5.57. The maximum Gasteiger partial charge on any atom is 0.191 e. The maximum atomic E-state index is 4.54. The van der Waals surface area contributed by atoms with Crippen LogP contribution in [0.25, 0.3) is 5.82 Å². The fourth-order valence-electron chi connectivity index (χ4n) is 3.06. The van der Waals surface area contributed by atoms with Crippen LogP contribution < -0.4 is 10.6 Å². The maximum absolute atomic E-state index is 4.54. The molecule has 0 fully saturated rings. The third kappa shape index (κ3) is 6.85. The number of aromatic nitrogens is 3. The Morgan fingerprint density at radius 2 is 1.83 bits per heavy atom. The summed E-state index contributed by atoms with van der Waals surface area (Å²) in [5.41, 5.74) is 4.53. The molecule has 0 unspecified atom stereocenters. The second kappa shape index (κ2) is 11.5. The van der Waals surface area contributed by atoms with Gasteiger partial charge in [0.05, 0.1) is 5.69 Å². The molecule has 3 rings (SSSR count). The van der Waals surface area contributed by atoms with Crippen molar-refractivity contribution in [2.24, 2.45) is 4.99 Å². The Morgan fingerprint density at radius 1 is 1.03 bits per heavy atom. The third-order valence-electron chi connectivity index (χ3n) is 4.50. The van der Waals surface area contributed by atoms with Crippen molar-refractivity contribution in [1.29, 1.82) is 0 Å². The van der Waals surface area contributed by atoms with E-state index < -0.39 is 0 Å². The Bertz CT molecular complexity index is 903. The summed E-state index contributed by atoms with van der Waals surface area (Å²) in [7, 11) is 1.79. The molecule has 1 aromatic carbocycles. The minimum Gasteiger partial charge on any atom is -0.356 e. The highest BCUT2D eigenvalue weighted by Gasteiger charge is 2.05. The number of nitrogens with zero attached hydrogens (tertiary/aromatic N) is 4. The summed E-state index contributed by atoms with van der Waals surface area (Å²) in [4.78, 5) is 8.82. The highest BCUT2D eigenvalue weighted by molar-refractivity contribution is 14.0. The zero-order valence-electron chi connectivity index (χ0n) is 17.2. The number of aliphatic imine (C=N–C) groups is 1. The predicted octanol–water partition coefficient (Wildman–Crippen LogP) is 3.80.